The number of hydrogen-bond acceptors (Lipinski definition) is 3. The Labute approximate surface area is 122 Å². The lowest BCUT2D eigenvalue weighted by atomic mass is 10.0. The minimum absolute atomic E-state index is 0.381. The van der Waals surface area contributed by atoms with Gasteiger partial charge in [0.2, 0.25) is 0 Å². The molecule has 1 N–H and O–H groups in total. The zero-order valence-corrected chi connectivity index (χ0v) is 12.3. The Kier molecular flexibility index (Phi) is 3.85. The number of aliphatic hydroxyl groups excluding tert-OH is 1. The number of rotatable bonds is 5. The molecule has 4 heteroatoms. The molecule has 3 aromatic rings. The third kappa shape index (κ3) is 2.62. The van der Waals surface area contributed by atoms with Gasteiger partial charge in [0, 0.05) is 18.4 Å². The number of aliphatic hydroxyl groups is 1. The lowest BCUT2D eigenvalue weighted by Gasteiger charge is -2.07. The molecule has 1 atom stereocenters. The van der Waals surface area contributed by atoms with Crippen LogP contribution in [0.15, 0.2) is 41.1 Å². The van der Waals surface area contributed by atoms with Crippen LogP contribution in [-0.4, -0.2) is 21.0 Å². The van der Waals surface area contributed by atoms with Gasteiger partial charge in [0.05, 0.1) is 17.3 Å². The zero-order chi connectivity index (χ0) is 13.9. The van der Waals surface area contributed by atoms with E-state index in [0.717, 1.165) is 23.1 Å². The van der Waals surface area contributed by atoms with Crippen molar-refractivity contribution >= 4 is 22.2 Å². The largest absolute Gasteiger partial charge is 0.392 e. The molecule has 0 aliphatic carbocycles. The van der Waals surface area contributed by atoms with Crippen molar-refractivity contribution in [2.75, 3.05) is 0 Å². The average Bonchev–Trinajstić information content (AvgIpc) is 3.07. The molecule has 3 nitrogen and oxygen atoms in total. The van der Waals surface area contributed by atoms with E-state index in [1.54, 1.807) is 11.3 Å². The molecule has 104 valence electrons. The second-order valence-corrected chi connectivity index (χ2v) is 5.75. The topological polar surface area (TPSA) is 38.0 Å². The Morgan fingerprint density at radius 2 is 2.10 bits per heavy atom. The molecule has 0 bridgehead atoms. The summed E-state index contributed by atoms with van der Waals surface area (Å²) in [4.78, 5) is 0. The molecule has 20 heavy (non-hydrogen) atoms. The van der Waals surface area contributed by atoms with E-state index < -0.39 is 0 Å². The number of hydrogen-bond donors (Lipinski definition) is 1. The number of para-hydroxylation sites is 1. The van der Waals surface area contributed by atoms with Crippen LogP contribution in [0.3, 0.4) is 0 Å². The molecule has 3 rings (SSSR count). The molecule has 0 amide bonds. The SMILES string of the molecule is CCn1nc(CC(O)Cc2ccsc2)c2ccccc21. The molecule has 1 unspecified atom stereocenters. The maximum Gasteiger partial charge on any atom is 0.0729 e. The number of benzene rings is 1. The van der Waals surface area contributed by atoms with Crippen LogP contribution in [0.5, 0.6) is 0 Å². The number of fused-ring (bicyclic) bond motifs is 1. The highest BCUT2D eigenvalue weighted by atomic mass is 32.1. The first-order valence-corrected chi connectivity index (χ1v) is 7.85. The molecular formula is C16H18N2OS. The van der Waals surface area contributed by atoms with Crippen molar-refractivity contribution in [3.8, 4) is 0 Å². The predicted molar refractivity (Wildman–Crippen MR) is 83.1 cm³/mol. The Bertz CT molecular complexity index is 688. The van der Waals surface area contributed by atoms with Crippen LogP contribution in [0.2, 0.25) is 0 Å². The fourth-order valence-electron chi connectivity index (χ4n) is 2.56. The first kappa shape index (κ1) is 13.3. The van der Waals surface area contributed by atoms with Crippen LogP contribution >= 0.6 is 11.3 Å². The van der Waals surface area contributed by atoms with Crippen molar-refractivity contribution in [3.63, 3.8) is 0 Å². The van der Waals surface area contributed by atoms with Gasteiger partial charge in [-0.25, -0.2) is 0 Å². The summed E-state index contributed by atoms with van der Waals surface area (Å²) in [7, 11) is 0. The minimum Gasteiger partial charge on any atom is -0.392 e. The van der Waals surface area contributed by atoms with E-state index >= 15 is 0 Å². The third-order valence-electron chi connectivity index (χ3n) is 3.51. The summed E-state index contributed by atoms with van der Waals surface area (Å²) in [6, 6.07) is 10.3. The van der Waals surface area contributed by atoms with Crippen LogP contribution in [0, 0.1) is 0 Å². The van der Waals surface area contributed by atoms with Gasteiger partial charge in [-0.2, -0.15) is 16.4 Å². The summed E-state index contributed by atoms with van der Waals surface area (Å²) < 4.78 is 2.00. The summed E-state index contributed by atoms with van der Waals surface area (Å²) in [5.41, 5.74) is 3.33. The Hall–Kier alpha value is -1.65. The highest BCUT2D eigenvalue weighted by Crippen LogP contribution is 2.20. The molecule has 2 aromatic heterocycles. The fourth-order valence-corrected chi connectivity index (χ4v) is 3.25. The van der Waals surface area contributed by atoms with Gasteiger partial charge in [-0.1, -0.05) is 18.2 Å². The molecule has 0 saturated heterocycles. The highest BCUT2D eigenvalue weighted by molar-refractivity contribution is 7.07. The van der Waals surface area contributed by atoms with Gasteiger partial charge in [-0.05, 0) is 41.8 Å². The summed E-state index contributed by atoms with van der Waals surface area (Å²) in [5.74, 6) is 0. The molecular weight excluding hydrogens is 268 g/mol. The Morgan fingerprint density at radius 1 is 1.25 bits per heavy atom. The van der Waals surface area contributed by atoms with Crippen molar-refractivity contribution in [1.82, 2.24) is 9.78 Å². The molecule has 0 aliphatic rings. The zero-order valence-electron chi connectivity index (χ0n) is 11.5. The van der Waals surface area contributed by atoms with E-state index in [0.29, 0.717) is 12.8 Å². The van der Waals surface area contributed by atoms with Crippen LogP contribution in [0.25, 0.3) is 10.9 Å². The molecule has 0 radical (unpaired) electrons. The summed E-state index contributed by atoms with van der Waals surface area (Å²) in [5, 5.41) is 20.2. The van der Waals surface area contributed by atoms with Crippen molar-refractivity contribution in [2.45, 2.75) is 32.4 Å². The van der Waals surface area contributed by atoms with E-state index in [1.807, 2.05) is 22.2 Å². The van der Waals surface area contributed by atoms with Crippen LogP contribution in [0.1, 0.15) is 18.2 Å². The maximum absolute atomic E-state index is 10.3. The Morgan fingerprint density at radius 3 is 2.85 bits per heavy atom. The smallest absolute Gasteiger partial charge is 0.0729 e. The third-order valence-corrected chi connectivity index (χ3v) is 4.25. The van der Waals surface area contributed by atoms with Gasteiger partial charge >= 0.3 is 0 Å². The first-order chi connectivity index (χ1) is 9.78. The summed E-state index contributed by atoms with van der Waals surface area (Å²) >= 11 is 1.67. The van der Waals surface area contributed by atoms with Crippen molar-refractivity contribution in [3.05, 3.63) is 52.3 Å². The lowest BCUT2D eigenvalue weighted by molar-refractivity contribution is 0.174. The number of aromatic nitrogens is 2. The minimum atomic E-state index is -0.381. The van der Waals surface area contributed by atoms with Crippen LogP contribution in [-0.2, 0) is 19.4 Å². The quantitative estimate of drug-likeness (QED) is 0.781. The van der Waals surface area contributed by atoms with Crippen molar-refractivity contribution < 1.29 is 5.11 Å². The standard InChI is InChI=1S/C16H18N2OS/c1-2-18-16-6-4-3-5-14(16)15(17-18)10-13(19)9-12-7-8-20-11-12/h3-8,11,13,19H,2,9-10H2,1H3. The molecule has 0 fully saturated rings. The van der Waals surface area contributed by atoms with Gasteiger partial charge in [0.15, 0.2) is 0 Å². The molecule has 1 aromatic carbocycles. The van der Waals surface area contributed by atoms with E-state index in [-0.39, 0.29) is 6.10 Å². The van der Waals surface area contributed by atoms with Crippen molar-refractivity contribution in [1.29, 1.82) is 0 Å². The van der Waals surface area contributed by atoms with Gasteiger partial charge in [-0.3, -0.25) is 4.68 Å². The van der Waals surface area contributed by atoms with Gasteiger partial charge < -0.3 is 5.11 Å². The average molecular weight is 286 g/mol. The first-order valence-electron chi connectivity index (χ1n) is 6.91. The lowest BCUT2D eigenvalue weighted by Crippen LogP contribution is -2.14. The van der Waals surface area contributed by atoms with Gasteiger partial charge in [0.25, 0.3) is 0 Å². The van der Waals surface area contributed by atoms with E-state index in [2.05, 4.69) is 35.6 Å². The Balaban J connectivity index is 1.83. The molecule has 0 saturated carbocycles. The van der Waals surface area contributed by atoms with E-state index in [4.69, 9.17) is 0 Å². The normalized spacial score (nSPS) is 12.9. The van der Waals surface area contributed by atoms with Gasteiger partial charge in [0.1, 0.15) is 0 Å². The number of aryl methyl sites for hydroxylation is 1. The number of thiophene rings is 1. The summed E-state index contributed by atoms with van der Waals surface area (Å²) in [6.07, 6.45) is 0.911. The molecule has 0 spiro atoms. The highest BCUT2D eigenvalue weighted by Gasteiger charge is 2.14. The second-order valence-electron chi connectivity index (χ2n) is 4.97. The van der Waals surface area contributed by atoms with Crippen LogP contribution < -0.4 is 0 Å². The molecule has 2 heterocycles. The van der Waals surface area contributed by atoms with Crippen LogP contribution in [0.4, 0.5) is 0 Å². The van der Waals surface area contributed by atoms with E-state index in [9.17, 15) is 5.11 Å². The maximum atomic E-state index is 10.3. The molecule has 0 aliphatic heterocycles. The monoisotopic (exact) mass is 286 g/mol. The van der Waals surface area contributed by atoms with E-state index in [1.165, 1.54) is 5.56 Å². The van der Waals surface area contributed by atoms with Gasteiger partial charge in [-0.15, -0.1) is 0 Å². The predicted octanol–water partition coefficient (Wildman–Crippen LogP) is 3.26. The van der Waals surface area contributed by atoms with Crippen molar-refractivity contribution in [2.24, 2.45) is 0 Å². The fraction of sp³-hybridized carbons (Fsp3) is 0.312. The second kappa shape index (κ2) is 5.77. The number of nitrogens with zero attached hydrogens (tertiary/aromatic N) is 2. The summed E-state index contributed by atoms with van der Waals surface area (Å²) in [6.45, 7) is 2.94.